The van der Waals surface area contributed by atoms with Gasteiger partial charge in [0.25, 0.3) is 0 Å². The molecule has 1 aromatic rings. The molecule has 0 aliphatic carbocycles. The van der Waals surface area contributed by atoms with E-state index >= 15 is 0 Å². The quantitative estimate of drug-likeness (QED) is 0.801. The zero-order valence-corrected chi connectivity index (χ0v) is 9.79. The third-order valence-electron chi connectivity index (χ3n) is 2.39. The second kappa shape index (κ2) is 5.06. The summed E-state index contributed by atoms with van der Waals surface area (Å²) >= 11 is 0. The van der Waals surface area contributed by atoms with Crippen LogP contribution in [0.3, 0.4) is 0 Å². The Hall–Kier alpha value is -1.18. The Morgan fingerprint density at radius 1 is 1.20 bits per heavy atom. The fourth-order valence-corrected chi connectivity index (χ4v) is 1.57. The second-order valence-electron chi connectivity index (χ2n) is 4.70. The molecule has 0 saturated heterocycles. The molecule has 15 heavy (non-hydrogen) atoms. The molecular weight excluding hydrogens is 188 g/mol. The van der Waals surface area contributed by atoms with Crippen LogP contribution in [0.15, 0.2) is 24.3 Å². The van der Waals surface area contributed by atoms with Crippen molar-refractivity contribution in [3.05, 3.63) is 24.3 Å². The molecule has 0 fully saturated rings. The van der Waals surface area contributed by atoms with Crippen molar-refractivity contribution in [1.29, 1.82) is 0 Å². The number of phenolic OH excluding ortho intramolecular Hbond substituents is 1. The number of phenols is 1. The largest absolute Gasteiger partial charge is 0.508 e. The maximum absolute atomic E-state index is 9.11. The van der Waals surface area contributed by atoms with E-state index in [-0.39, 0.29) is 11.2 Å². The summed E-state index contributed by atoms with van der Waals surface area (Å²) in [6.07, 6.45) is 2.33. The van der Waals surface area contributed by atoms with Crippen molar-refractivity contribution in [2.45, 2.75) is 33.6 Å². The molecule has 2 heteroatoms. The van der Waals surface area contributed by atoms with Gasteiger partial charge in [-0.1, -0.05) is 27.2 Å². The molecule has 0 aromatic heterocycles. The van der Waals surface area contributed by atoms with E-state index in [4.69, 9.17) is 9.84 Å². The SMILES string of the molecule is CCCC(C)(C)COc1ccc(O)cc1. The maximum Gasteiger partial charge on any atom is 0.119 e. The van der Waals surface area contributed by atoms with Gasteiger partial charge in [0.15, 0.2) is 0 Å². The molecule has 0 atom stereocenters. The third-order valence-corrected chi connectivity index (χ3v) is 2.39. The predicted molar refractivity (Wildman–Crippen MR) is 62.3 cm³/mol. The molecule has 0 heterocycles. The average Bonchev–Trinajstić information content (AvgIpc) is 2.17. The van der Waals surface area contributed by atoms with Crippen molar-refractivity contribution in [3.8, 4) is 11.5 Å². The molecule has 0 aliphatic rings. The minimum absolute atomic E-state index is 0.215. The van der Waals surface area contributed by atoms with Gasteiger partial charge in [-0.3, -0.25) is 0 Å². The molecule has 0 saturated carbocycles. The van der Waals surface area contributed by atoms with Gasteiger partial charge in [0, 0.05) is 0 Å². The summed E-state index contributed by atoms with van der Waals surface area (Å²) in [6.45, 7) is 7.31. The average molecular weight is 208 g/mol. The lowest BCUT2D eigenvalue weighted by molar-refractivity contribution is 0.168. The molecule has 0 spiro atoms. The second-order valence-corrected chi connectivity index (χ2v) is 4.70. The minimum Gasteiger partial charge on any atom is -0.508 e. The van der Waals surface area contributed by atoms with E-state index in [0.717, 1.165) is 12.2 Å². The van der Waals surface area contributed by atoms with E-state index in [1.54, 1.807) is 24.3 Å². The number of hydrogen-bond donors (Lipinski definition) is 1. The Morgan fingerprint density at radius 3 is 2.33 bits per heavy atom. The van der Waals surface area contributed by atoms with Gasteiger partial charge in [-0.25, -0.2) is 0 Å². The monoisotopic (exact) mass is 208 g/mol. The third kappa shape index (κ3) is 4.24. The topological polar surface area (TPSA) is 29.5 Å². The van der Waals surface area contributed by atoms with Gasteiger partial charge < -0.3 is 9.84 Å². The standard InChI is InChI=1S/C13H20O2/c1-4-9-13(2,3)10-15-12-7-5-11(14)6-8-12/h5-8,14H,4,9-10H2,1-3H3. The van der Waals surface area contributed by atoms with Crippen molar-refractivity contribution in [2.75, 3.05) is 6.61 Å². The van der Waals surface area contributed by atoms with Crippen LogP contribution in [0.25, 0.3) is 0 Å². The Bertz CT molecular complexity index is 288. The van der Waals surface area contributed by atoms with Gasteiger partial charge in [0.1, 0.15) is 11.5 Å². The first-order chi connectivity index (χ1) is 7.03. The van der Waals surface area contributed by atoms with Crippen molar-refractivity contribution >= 4 is 0 Å². The van der Waals surface area contributed by atoms with Crippen molar-refractivity contribution in [1.82, 2.24) is 0 Å². The predicted octanol–water partition coefficient (Wildman–Crippen LogP) is 3.60. The van der Waals surface area contributed by atoms with Gasteiger partial charge in [-0.15, -0.1) is 0 Å². The summed E-state index contributed by atoms with van der Waals surface area (Å²) in [4.78, 5) is 0. The summed E-state index contributed by atoms with van der Waals surface area (Å²) in [5, 5.41) is 9.11. The normalized spacial score (nSPS) is 11.4. The highest BCUT2D eigenvalue weighted by Crippen LogP contribution is 2.24. The van der Waals surface area contributed by atoms with Crippen LogP contribution in [-0.4, -0.2) is 11.7 Å². The Balaban J connectivity index is 2.46. The first kappa shape index (κ1) is 11.9. The van der Waals surface area contributed by atoms with Crippen LogP contribution < -0.4 is 4.74 Å². The minimum atomic E-state index is 0.215. The lowest BCUT2D eigenvalue weighted by Gasteiger charge is -2.24. The van der Waals surface area contributed by atoms with Crippen LogP contribution in [0.2, 0.25) is 0 Å². The lowest BCUT2D eigenvalue weighted by atomic mass is 9.89. The number of aromatic hydroxyl groups is 1. The van der Waals surface area contributed by atoms with E-state index in [1.165, 1.54) is 6.42 Å². The summed E-state index contributed by atoms with van der Waals surface area (Å²) in [7, 11) is 0. The Kier molecular flexibility index (Phi) is 4.01. The van der Waals surface area contributed by atoms with Gasteiger partial charge in [-0.2, -0.15) is 0 Å². The molecule has 0 unspecified atom stereocenters. The van der Waals surface area contributed by atoms with Crippen molar-refractivity contribution < 1.29 is 9.84 Å². The zero-order valence-electron chi connectivity index (χ0n) is 9.79. The summed E-state index contributed by atoms with van der Waals surface area (Å²) < 4.78 is 5.67. The lowest BCUT2D eigenvalue weighted by Crippen LogP contribution is -2.20. The molecular formula is C13H20O2. The number of ether oxygens (including phenoxy) is 1. The summed E-state index contributed by atoms with van der Waals surface area (Å²) in [5.41, 5.74) is 0.215. The molecule has 1 aromatic carbocycles. The highest BCUT2D eigenvalue weighted by atomic mass is 16.5. The molecule has 2 nitrogen and oxygen atoms in total. The van der Waals surface area contributed by atoms with E-state index in [1.807, 2.05) is 0 Å². The first-order valence-corrected chi connectivity index (χ1v) is 5.45. The van der Waals surface area contributed by atoms with Gasteiger partial charge in [0.05, 0.1) is 6.61 Å². The smallest absolute Gasteiger partial charge is 0.119 e. The molecule has 0 radical (unpaired) electrons. The van der Waals surface area contributed by atoms with E-state index in [0.29, 0.717) is 6.61 Å². The zero-order chi connectivity index (χ0) is 11.3. The summed E-state index contributed by atoms with van der Waals surface area (Å²) in [5.74, 6) is 1.09. The number of benzene rings is 1. The van der Waals surface area contributed by atoms with E-state index in [9.17, 15) is 0 Å². The molecule has 0 aliphatic heterocycles. The highest BCUT2D eigenvalue weighted by Gasteiger charge is 2.17. The van der Waals surface area contributed by atoms with Crippen LogP contribution in [0.4, 0.5) is 0 Å². The van der Waals surface area contributed by atoms with Gasteiger partial charge in [-0.05, 0) is 36.1 Å². The van der Waals surface area contributed by atoms with Gasteiger partial charge in [0.2, 0.25) is 0 Å². The van der Waals surface area contributed by atoms with Crippen LogP contribution in [0, 0.1) is 5.41 Å². The molecule has 1 N–H and O–H groups in total. The molecule has 0 amide bonds. The first-order valence-electron chi connectivity index (χ1n) is 5.45. The van der Waals surface area contributed by atoms with Crippen LogP contribution in [0.1, 0.15) is 33.6 Å². The molecule has 0 bridgehead atoms. The maximum atomic E-state index is 9.11. The van der Waals surface area contributed by atoms with Crippen molar-refractivity contribution in [2.24, 2.45) is 5.41 Å². The van der Waals surface area contributed by atoms with Gasteiger partial charge >= 0.3 is 0 Å². The number of hydrogen-bond acceptors (Lipinski definition) is 2. The fourth-order valence-electron chi connectivity index (χ4n) is 1.57. The molecule has 84 valence electrons. The fraction of sp³-hybridized carbons (Fsp3) is 0.538. The van der Waals surface area contributed by atoms with Crippen LogP contribution >= 0.6 is 0 Å². The highest BCUT2D eigenvalue weighted by molar-refractivity contribution is 5.30. The van der Waals surface area contributed by atoms with Crippen molar-refractivity contribution in [3.63, 3.8) is 0 Å². The van der Waals surface area contributed by atoms with E-state index < -0.39 is 0 Å². The Morgan fingerprint density at radius 2 is 1.80 bits per heavy atom. The van der Waals surface area contributed by atoms with Crippen LogP contribution in [-0.2, 0) is 0 Å². The van der Waals surface area contributed by atoms with E-state index in [2.05, 4.69) is 20.8 Å². The Labute approximate surface area is 91.9 Å². The molecule has 1 rings (SSSR count). The summed E-state index contributed by atoms with van der Waals surface area (Å²) in [6, 6.07) is 6.86. The van der Waals surface area contributed by atoms with Crippen LogP contribution in [0.5, 0.6) is 11.5 Å². The number of rotatable bonds is 5.